The molecule has 0 saturated heterocycles. The molecule has 0 spiro atoms. The van der Waals surface area contributed by atoms with Crippen LogP contribution >= 0.6 is 11.6 Å². The molecule has 5 nitrogen and oxygen atoms in total. The van der Waals surface area contributed by atoms with Gasteiger partial charge in [0.25, 0.3) is 0 Å². The van der Waals surface area contributed by atoms with Crippen molar-refractivity contribution in [2.45, 2.75) is 58.6 Å². The average molecular weight is 370 g/mol. The normalized spacial score (nSPS) is 12.4. The van der Waals surface area contributed by atoms with E-state index < -0.39 is 17.7 Å². The van der Waals surface area contributed by atoms with E-state index in [2.05, 4.69) is 12.2 Å². The minimum absolute atomic E-state index is 0.181. The van der Waals surface area contributed by atoms with Crippen LogP contribution in [-0.2, 0) is 16.0 Å². The van der Waals surface area contributed by atoms with Crippen LogP contribution in [0.5, 0.6) is 5.75 Å². The van der Waals surface area contributed by atoms with Crippen LogP contribution in [0.15, 0.2) is 24.3 Å². The SMILES string of the molecule is CCCCOc1ccccc1C[C@@H](NC(=O)OC(C)(C)C)C(=O)CCl. The van der Waals surface area contributed by atoms with Crippen LogP contribution in [0.2, 0.25) is 0 Å². The van der Waals surface area contributed by atoms with Gasteiger partial charge in [0.2, 0.25) is 0 Å². The van der Waals surface area contributed by atoms with Crippen LogP contribution in [0, 0.1) is 0 Å². The number of ketones is 1. The number of benzene rings is 1. The summed E-state index contributed by atoms with van der Waals surface area (Å²) in [4.78, 5) is 24.2. The number of hydrogen-bond acceptors (Lipinski definition) is 4. The van der Waals surface area contributed by atoms with Gasteiger partial charge < -0.3 is 14.8 Å². The Kier molecular flexibility index (Phi) is 8.76. The zero-order valence-electron chi connectivity index (χ0n) is 15.4. The van der Waals surface area contributed by atoms with Crippen LogP contribution < -0.4 is 10.1 Å². The number of Topliss-reactive ketones (excluding diaryl/α,β-unsaturated/α-hetero) is 1. The first-order valence-electron chi connectivity index (χ1n) is 8.55. The number of amides is 1. The van der Waals surface area contributed by atoms with E-state index in [9.17, 15) is 9.59 Å². The number of alkyl carbamates (subject to hydrolysis) is 1. The molecule has 0 radical (unpaired) electrons. The summed E-state index contributed by atoms with van der Waals surface area (Å²) < 4.78 is 11.0. The molecule has 0 aliphatic heterocycles. The van der Waals surface area contributed by atoms with Gasteiger partial charge in [0.1, 0.15) is 11.4 Å². The highest BCUT2D eigenvalue weighted by molar-refractivity contribution is 6.28. The highest BCUT2D eigenvalue weighted by atomic mass is 35.5. The number of alkyl halides is 1. The number of para-hydroxylation sites is 1. The lowest BCUT2D eigenvalue weighted by molar-refractivity contribution is -0.118. The molecule has 0 aromatic heterocycles. The van der Waals surface area contributed by atoms with Crippen LogP contribution in [0.1, 0.15) is 46.1 Å². The van der Waals surface area contributed by atoms with Gasteiger partial charge in [0, 0.05) is 6.42 Å². The number of unbranched alkanes of at least 4 members (excludes halogenated alkanes) is 1. The van der Waals surface area contributed by atoms with Gasteiger partial charge in [-0.25, -0.2) is 4.79 Å². The Hall–Kier alpha value is -1.75. The first-order chi connectivity index (χ1) is 11.8. The van der Waals surface area contributed by atoms with Gasteiger partial charge >= 0.3 is 6.09 Å². The first kappa shape index (κ1) is 21.3. The van der Waals surface area contributed by atoms with Gasteiger partial charge in [-0.2, -0.15) is 0 Å². The molecule has 0 heterocycles. The van der Waals surface area contributed by atoms with Crippen LogP contribution in [0.25, 0.3) is 0 Å². The van der Waals surface area contributed by atoms with Crippen molar-refractivity contribution in [2.75, 3.05) is 12.5 Å². The molecule has 1 rings (SSSR count). The van der Waals surface area contributed by atoms with Crippen molar-refractivity contribution in [3.8, 4) is 5.75 Å². The van der Waals surface area contributed by atoms with Gasteiger partial charge in [-0.3, -0.25) is 4.79 Å². The highest BCUT2D eigenvalue weighted by Gasteiger charge is 2.25. The summed E-state index contributed by atoms with van der Waals surface area (Å²) in [6, 6.07) is 6.73. The van der Waals surface area contributed by atoms with Crippen LogP contribution in [-0.4, -0.2) is 36.0 Å². The number of ether oxygens (including phenoxy) is 2. The predicted molar refractivity (Wildman–Crippen MR) is 99.4 cm³/mol. The zero-order valence-corrected chi connectivity index (χ0v) is 16.2. The lowest BCUT2D eigenvalue weighted by atomic mass is 10.0. The van der Waals surface area contributed by atoms with Gasteiger partial charge in [0.05, 0.1) is 18.5 Å². The maximum atomic E-state index is 12.1. The summed E-state index contributed by atoms with van der Waals surface area (Å²) >= 11 is 5.70. The second kappa shape index (κ2) is 10.3. The topological polar surface area (TPSA) is 64.6 Å². The summed E-state index contributed by atoms with van der Waals surface area (Å²) in [5, 5.41) is 2.62. The minimum Gasteiger partial charge on any atom is -0.493 e. The van der Waals surface area contributed by atoms with Crippen LogP contribution in [0.3, 0.4) is 0 Å². The molecule has 0 fully saturated rings. The molecular weight excluding hydrogens is 342 g/mol. The molecule has 0 aliphatic carbocycles. The molecule has 0 bridgehead atoms. The summed E-state index contributed by atoms with van der Waals surface area (Å²) in [6.07, 6.45) is 1.65. The molecule has 0 unspecified atom stereocenters. The van der Waals surface area contributed by atoms with E-state index in [4.69, 9.17) is 21.1 Å². The average Bonchev–Trinajstić information content (AvgIpc) is 2.53. The molecular formula is C19H28ClNO4. The summed E-state index contributed by atoms with van der Waals surface area (Å²) in [6.45, 7) is 8.00. The number of nitrogens with one attached hydrogen (secondary N) is 1. The second-order valence-electron chi connectivity index (χ2n) is 6.81. The number of rotatable bonds is 9. The van der Waals surface area contributed by atoms with Crippen molar-refractivity contribution in [1.29, 1.82) is 0 Å². The molecule has 6 heteroatoms. The zero-order chi connectivity index (χ0) is 18.9. The quantitative estimate of drug-likeness (QED) is 0.525. The van der Waals surface area contributed by atoms with E-state index in [1.54, 1.807) is 20.8 Å². The van der Waals surface area contributed by atoms with Gasteiger partial charge in [-0.1, -0.05) is 31.5 Å². The molecule has 1 N–H and O–H groups in total. The minimum atomic E-state index is -0.761. The van der Waals surface area contributed by atoms with Crippen molar-refractivity contribution in [3.63, 3.8) is 0 Å². The van der Waals surface area contributed by atoms with E-state index in [-0.39, 0.29) is 11.7 Å². The molecule has 1 aromatic rings. The number of carbonyl (C=O) groups is 2. The van der Waals surface area contributed by atoms with Crippen molar-refractivity contribution in [2.24, 2.45) is 0 Å². The fraction of sp³-hybridized carbons (Fsp3) is 0.579. The molecule has 140 valence electrons. The maximum absolute atomic E-state index is 12.1. The number of carbonyl (C=O) groups excluding carboxylic acids is 2. The molecule has 25 heavy (non-hydrogen) atoms. The third kappa shape index (κ3) is 8.25. The summed E-state index contributed by atoms with van der Waals surface area (Å²) in [5.74, 6) is 0.268. The van der Waals surface area contributed by atoms with E-state index in [1.165, 1.54) is 0 Å². The largest absolute Gasteiger partial charge is 0.493 e. The molecule has 0 saturated carbocycles. The summed E-state index contributed by atoms with van der Waals surface area (Å²) in [5.41, 5.74) is 0.206. The first-order valence-corrected chi connectivity index (χ1v) is 9.09. The van der Waals surface area contributed by atoms with Crippen molar-refractivity contribution in [1.82, 2.24) is 5.32 Å². The van der Waals surface area contributed by atoms with Crippen LogP contribution in [0.4, 0.5) is 4.79 Å². The molecule has 1 atom stereocenters. The maximum Gasteiger partial charge on any atom is 0.408 e. The number of hydrogen-bond donors (Lipinski definition) is 1. The van der Waals surface area contributed by atoms with Crippen molar-refractivity contribution < 1.29 is 19.1 Å². The highest BCUT2D eigenvalue weighted by Crippen LogP contribution is 2.21. The lowest BCUT2D eigenvalue weighted by Crippen LogP contribution is -2.45. The second-order valence-corrected chi connectivity index (χ2v) is 7.08. The fourth-order valence-corrected chi connectivity index (χ4v) is 2.33. The number of halogens is 1. The Labute approximate surface area is 155 Å². The molecule has 1 amide bonds. The molecule has 1 aromatic carbocycles. The van der Waals surface area contributed by atoms with Crippen molar-refractivity contribution >= 4 is 23.5 Å². The van der Waals surface area contributed by atoms with Gasteiger partial charge in [0.15, 0.2) is 5.78 Å². The lowest BCUT2D eigenvalue weighted by Gasteiger charge is -2.23. The Bertz CT molecular complexity index is 569. The predicted octanol–water partition coefficient (Wildman–Crippen LogP) is 4.11. The smallest absolute Gasteiger partial charge is 0.408 e. The Balaban J connectivity index is 2.85. The standard InChI is InChI=1S/C19H28ClNO4/c1-5-6-11-24-17-10-8-7-9-14(17)12-15(16(22)13-20)21-18(23)25-19(2,3)4/h7-10,15H,5-6,11-13H2,1-4H3,(H,21,23)/t15-/m1/s1. The Morgan fingerprint density at radius 1 is 1.24 bits per heavy atom. The van der Waals surface area contributed by atoms with E-state index >= 15 is 0 Å². The Morgan fingerprint density at radius 2 is 1.92 bits per heavy atom. The Morgan fingerprint density at radius 3 is 2.52 bits per heavy atom. The monoisotopic (exact) mass is 369 g/mol. The van der Waals surface area contributed by atoms with Crippen molar-refractivity contribution in [3.05, 3.63) is 29.8 Å². The van der Waals surface area contributed by atoms with Gasteiger partial charge in [-0.15, -0.1) is 11.6 Å². The summed E-state index contributed by atoms with van der Waals surface area (Å²) in [7, 11) is 0. The van der Waals surface area contributed by atoms with Gasteiger partial charge in [-0.05, 0) is 38.8 Å². The molecule has 0 aliphatic rings. The fourth-order valence-electron chi connectivity index (χ4n) is 2.15. The van der Waals surface area contributed by atoms with E-state index in [0.717, 1.165) is 18.4 Å². The van der Waals surface area contributed by atoms with E-state index in [0.29, 0.717) is 18.8 Å². The third-order valence-electron chi connectivity index (χ3n) is 3.36. The third-order valence-corrected chi connectivity index (χ3v) is 3.63. The van der Waals surface area contributed by atoms with E-state index in [1.807, 2.05) is 24.3 Å².